The van der Waals surface area contributed by atoms with Gasteiger partial charge in [-0.1, -0.05) is 13.8 Å². The lowest BCUT2D eigenvalue weighted by molar-refractivity contribution is 0.772. The predicted octanol–water partition coefficient (Wildman–Crippen LogP) is 2.22. The summed E-state index contributed by atoms with van der Waals surface area (Å²) in [6.45, 7) is 8.29. The molecule has 1 rings (SSSR count). The minimum atomic E-state index is 0.474. The highest BCUT2D eigenvalue weighted by Gasteiger charge is 2.02. The summed E-state index contributed by atoms with van der Waals surface area (Å²) in [4.78, 5) is 0. The van der Waals surface area contributed by atoms with Gasteiger partial charge in [0.05, 0.1) is 11.4 Å². The van der Waals surface area contributed by atoms with Crippen LogP contribution in [0.25, 0.3) is 0 Å². The first-order valence-electron chi connectivity index (χ1n) is 3.92. The van der Waals surface area contributed by atoms with Crippen LogP contribution in [0.2, 0.25) is 0 Å². The zero-order valence-electron chi connectivity index (χ0n) is 7.55. The SMILES string of the molecule is Cc1cc(C(C)C)nnc1C. The highest BCUT2D eigenvalue weighted by molar-refractivity contribution is 5.19. The molecule has 0 aliphatic heterocycles. The standard InChI is InChI=1S/C9H14N2/c1-6(2)9-5-7(3)8(4)10-11-9/h5-6H,1-4H3. The van der Waals surface area contributed by atoms with Crippen LogP contribution in [-0.2, 0) is 0 Å². The van der Waals surface area contributed by atoms with E-state index >= 15 is 0 Å². The van der Waals surface area contributed by atoms with E-state index in [2.05, 4.69) is 37.0 Å². The molecule has 0 unspecified atom stereocenters. The highest BCUT2D eigenvalue weighted by atomic mass is 15.1. The number of hydrogen-bond acceptors (Lipinski definition) is 2. The smallest absolute Gasteiger partial charge is 0.0659 e. The van der Waals surface area contributed by atoms with Crippen LogP contribution >= 0.6 is 0 Å². The highest BCUT2D eigenvalue weighted by Crippen LogP contribution is 2.12. The molecule has 0 amide bonds. The van der Waals surface area contributed by atoms with Crippen LogP contribution in [-0.4, -0.2) is 10.2 Å². The monoisotopic (exact) mass is 150 g/mol. The third kappa shape index (κ3) is 1.76. The lowest BCUT2D eigenvalue weighted by atomic mass is 10.1. The molecule has 0 N–H and O–H groups in total. The summed E-state index contributed by atoms with van der Waals surface area (Å²) < 4.78 is 0. The van der Waals surface area contributed by atoms with Crippen molar-refractivity contribution in [1.29, 1.82) is 0 Å². The van der Waals surface area contributed by atoms with Crippen LogP contribution < -0.4 is 0 Å². The van der Waals surface area contributed by atoms with E-state index in [1.165, 1.54) is 5.56 Å². The van der Waals surface area contributed by atoms with E-state index in [1.54, 1.807) is 0 Å². The Bertz CT molecular complexity index is 254. The maximum absolute atomic E-state index is 4.09. The van der Waals surface area contributed by atoms with Crippen LogP contribution in [0.15, 0.2) is 6.07 Å². The fourth-order valence-electron chi connectivity index (χ4n) is 0.849. The van der Waals surface area contributed by atoms with E-state index in [-0.39, 0.29) is 0 Å². The molecule has 60 valence electrons. The first kappa shape index (κ1) is 8.18. The van der Waals surface area contributed by atoms with Gasteiger partial charge in [0.25, 0.3) is 0 Å². The number of aryl methyl sites for hydroxylation is 2. The molecule has 0 saturated carbocycles. The van der Waals surface area contributed by atoms with E-state index in [0.717, 1.165) is 11.4 Å². The van der Waals surface area contributed by atoms with Crippen molar-refractivity contribution in [2.45, 2.75) is 33.6 Å². The Labute approximate surface area is 67.7 Å². The summed E-state index contributed by atoms with van der Waals surface area (Å²) in [5.41, 5.74) is 3.33. The molecule has 2 heteroatoms. The Morgan fingerprint density at radius 2 is 1.82 bits per heavy atom. The molecule has 0 saturated heterocycles. The number of rotatable bonds is 1. The van der Waals surface area contributed by atoms with Crippen LogP contribution in [0.5, 0.6) is 0 Å². The lowest BCUT2D eigenvalue weighted by Gasteiger charge is -2.04. The summed E-state index contributed by atoms with van der Waals surface area (Å²) in [5, 5.41) is 8.14. The molecule has 0 aromatic carbocycles. The van der Waals surface area contributed by atoms with Gasteiger partial charge in [0.2, 0.25) is 0 Å². The molecule has 0 bridgehead atoms. The third-order valence-corrected chi connectivity index (χ3v) is 1.84. The third-order valence-electron chi connectivity index (χ3n) is 1.84. The first-order chi connectivity index (χ1) is 5.11. The molecular formula is C9H14N2. The molecular weight excluding hydrogens is 136 g/mol. The van der Waals surface area contributed by atoms with Crippen molar-refractivity contribution in [2.24, 2.45) is 0 Å². The summed E-state index contributed by atoms with van der Waals surface area (Å²) in [6.07, 6.45) is 0. The van der Waals surface area contributed by atoms with E-state index in [1.807, 2.05) is 6.92 Å². The molecule has 0 aliphatic rings. The van der Waals surface area contributed by atoms with Crippen molar-refractivity contribution in [3.8, 4) is 0 Å². The van der Waals surface area contributed by atoms with Crippen LogP contribution in [0.4, 0.5) is 0 Å². The molecule has 0 fully saturated rings. The Hall–Kier alpha value is -0.920. The second-order valence-corrected chi connectivity index (χ2v) is 3.19. The maximum atomic E-state index is 4.09. The van der Waals surface area contributed by atoms with Crippen molar-refractivity contribution in [3.05, 3.63) is 23.0 Å². The normalized spacial score (nSPS) is 10.6. The second kappa shape index (κ2) is 2.99. The first-order valence-corrected chi connectivity index (χ1v) is 3.92. The summed E-state index contributed by atoms with van der Waals surface area (Å²) >= 11 is 0. The van der Waals surface area contributed by atoms with Gasteiger partial charge >= 0.3 is 0 Å². The fourth-order valence-corrected chi connectivity index (χ4v) is 0.849. The summed E-state index contributed by atoms with van der Waals surface area (Å²) in [5.74, 6) is 0.474. The predicted molar refractivity (Wildman–Crippen MR) is 45.6 cm³/mol. The van der Waals surface area contributed by atoms with Gasteiger partial charge in [0.1, 0.15) is 0 Å². The molecule has 1 aromatic rings. The van der Waals surface area contributed by atoms with Gasteiger partial charge in [-0.3, -0.25) is 0 Å². The number of nitrogens with zero attached hydrogens (tertiary/aromatic N) is 2. The zero-order valence-corrected chi connectivity index (χ0v) is 7.55. The Morgan fingerprint density at radius 1 is 1.18 bits per heavy atom. The van der Waals surface area contributed by atoms with Gasteiger partial charge in [-0.25, -0.2) is 0 Å². The molecule has 1 aromatic heterocycles. The van der Waals surface area contributed by atoms with Crippen LogP contribution in [0.3, 0.4) is 0 Å². The Kier molecular flexibility index (Phi) is 2.22. The van der Waals surface area contributed by atoms with Crippen molar-refractivity contribution >= 4 is 0 Å². The van der Waals surface area contributed by atoms with Gasteiger partial charge in [-0.05, 0) is 31.4 Å². The van der Waals surface area contributed by atoms with Gasteiger partial charge < -0.3 is 0 Å². The van der Waals surface area contributed by atoms with Crippen molar-refractivity contribution in [1.82, 2.24) is 10.2 Å². The maximum Gasteiger partial charge on any atom is 0.0659 e. The quantitative estimate of drug-likeness (QED) is 0.613. The molecule has 2 nitrogen and oxygen atoms in total. The lowest BCUT2D eigenvalue weighted by Crippen LogP contribution is -1.98. The van der Waals surface area contributed by atoms with E-state index in [0.29, 0.717) is 5.92 Å². The van der Waals surface area contributed by atoms with E-state index < -0.39 is 0 Å². The van der Waals surface area contributed by atoms with Crippen molar-refractivity contribution in [3.63, 3.8) is 0 Å². The minimum Gasteiger partial charge on any atom is -0.155 e. The Balaban J connectivity index is 3.05. The largest absolute Gasteiger partial charge is 0.155 e. The van der Waals surface area contributed by atoms with Gasteiger partial charge in [-0.2, -0.15) is 10.2 Å². The summed E-state index contributed by atoms with van der Waals surface area (Å²) in [7, 11) is 0. The van der Waals surface area contributed by atoms with Gasteiger partial charge in [0.15, 0.2) is 0 Å². The summed E-state index contributed by atoms with van der Waals surface area (Å²) in [6, 6.07) is 2.10. The molecule has 1 heterocycles. The van der Waals surface area contributed by atoms with E-state index in [4.69, 9.17) is 0 Å². The fraction of sp³-hybridized carbons (Fsp3) is 0.556. The Morgan fingerprint density at radius 3 is 2.27 bits per heavy atom. The minimum absolute atomic E-state index is 0.474. The molecule has 0 spiro atoms. The second-order valence-electron chi connectivity index (χ2n) is 3.19. The zero-order chi connectivity index (χ0) is 8.43. The van der Waals surface area contributed by atoms with Crippen molar-refractivity contribution < 1.29 is 0 Å². The molecule has 0 atom stereocenters. The molecule has 0 aliphatic carbocycles. The topological polar surface area (TPSA) is 25.8 Å². The van der Waals surface area contributed by atoms with Gasteiger partial charge in [-0.15, -0.1) is 0 Å². The molecule has 11 heavy (non-hydrogen) atoms. The van der Waals surface area contributed by atoms with Crippen molar-refractivity contribution in [2.75, 3.05) is 0 Å². The van der Waals surface area contributed by atoms with Crippen LogP contribution in [0, 0.1) is 13.8 Å². The molecule has 0 radical (unpaired) electrons. The number of hydrogen-bond donors (Lipinski definition) is 0. The van der Waals surface area contributed by atoms with E-state index in [9.17, 15) is 0 Å². The van der Waals surface area contributed by atoms with Gasteiger partial charge in [0, 0.05) is 0 Å². The average molecular weight is 150 g/mol. The average Bonchev–Trinajstić information content (AvgIpc) is 1.94. The van der Waals surface area contributed by atoms with Crippen LogP contribution in [0.1, 0.15) is 36.7 Å². The number of aromatic nitrogens is 2.